The minimum atomic E-state index is 0.0121. The topological polar surface area (TPSA) is 18.5 Å². The van der Waals surface area contributed by atoms with Gasteiger partial charge in [0.05, 0.1) is 12.2 Å². The Bertz CT molecular complexity index is 160. The molecule has 96 valence electrons. The molecule has 0 unspecified atom stereocenters. The van der Waals surface area contributed by atoms with Crippen molar-refractivity contribution in [2.75, 3.05) is 0 Å². The average molecular weight is 228 g/mol. The van der Waals surface area contributed by atoms with E-state index in [-0.39, 0.29) is 18.5 Å². The van der Waals surface area contributed by atoms with Crippen LogP contribution < -0.4 is 0 Å². The summed E-state index contributed by atoms with van der Waals surface area (Å²) < 4.78 is 11.9. The minimum absolute atomic E-state index is 0.0121. The van der Waals surface area contributed by atoms with Crippen LogP contribution in [0.25, 0.3) is 0 Å². The standard InChI is InChI=1S/C14H28O2/c1-11(2)15-14(16-12(3)4)13-9-7-5-6-8-10-13/h11-14H,5-10H2,1-4H3. The summed E-state index contributed by atoms with van der Waals surface area (Å²) in [6, 6.07) is 0. The van der Waals surface area contributed by atoms with Crippen LogP contribution in [-0.2, 0) is 9.47 Å². The number of hydrogen-bond acceptors (Lipinski definition) is 2. The zero-order valence-corrected chi connectivity index (χ0v) is 11.4. The third-order valence-electron chi connectivity index (χ3n) is 3.10. The minimum Gasteiger partial charge on any atom is -0.350 e. The van der Waals surface area contributed by atoms with Gasteiger partial charge in [-0.25, -0.2) is 0 Å². The lowest BCUT2D eigenvalue weighted by Crippen LogP contribution is -2.32. The molecule has 2 heteroatoms. The van der Waals surface area contributed by atoms with Crippen molar-refractivity contribution in [1.82, 2.24) is 0 Å². The Kier molecular flexibility index (Phi) is 6.37. The summed E-state index contributed by atoms with van der Waals surface area (Å²) in [5.41, 5.74) is 0. The Balaban J connectivity index is 2.50. The fourth-order valence-electron chi connectivity index (χ4n) is 2.37. The zero-order valence-electron chi connectivity index (χ0n) is 11.4. The van der Waals surface area contributed by atoms with Crippen molar-refractivity contribution in [3.63, 3.8) is 0 Å². The lowest BCUT2D eigenvalue weighted by molar-refractivity contribution is -0.209. The van der Waals surface area contributed by atoms with Gasteiger partial charge in [0.15, 0.2) is 6.29 Å². The van der Waals surface area contributed by atoms with Gasteiger partial charge < -0.3 is 9.47 Å². The van der Waals surface area contributed by atoms with E-state index in [1.54, 1.807) is 0 Å². The lowest BCUT2D eigenvalue weighted by atomic mass is 9.99. The molecule has 0 aliphatic heterocycles. The fourth-order valence-corrected chi connectivity index (χ4v) is 2.37. The molecule has 0 amide bonds. The van der Waals surface area contributed by atoms with Crippen molar-refractivity contribution in [1.29, 1.82) is 0 Å². The monoisotopic (exact) mass is 228 g/mol. The zero-order chi connectivity index (χ0) is 12.0. The van der Waals surface area contributed by atoms with Gasteiger partial charge in [-0.3, -0.25) is 0 Å². The molecule has 1 rings (SSSR count). The van der Waals surface area contributed by atoms with Gasteiger partial charge in [-0.2, -0.15) is 0 Å². The fraction of sp³-hybridized carbons (Fsp3) is 1.00. The molecule has 2 nitrogen and oxygen atoms in total. The molecular formula is C14H28O2. The Morgan fingerprint density at radius 3 is 1.56 bits per heavy atom. The number of rotatable bonds is 5. The number of hydrogen-bond donors (Lipinski definition) is 0. The van der Waals surface area contributed by atoms with E-state index in [2.05, 4.69) is 27.7 Å². The molecule has 0 saturated heterocycles. The van der Waals surface area contributed by atoms with Gasteiger partial charge in [-0.1, -0.05) is 25.7 Å². The van der Waals surface area contributed by atoms with Crippen molar-refractivity contribution >= 4 is 0 Å². The first-order valence-corrected chi connectivity index (χ1v) is 6.90. The van der Waals surface area contributed by atoms with Crippen LogP contribution in [0.4, 0.5) is 0 Å². The van der Waals surface area contributed by atoms with Crippen LogP contribution in [0.5, 0.6) is 0 Å². The predicted octanol–water partition coefficient (Wildman–Crippen LogP) is 4.13. The van der Waals surface area contributed by atoms with Crippen LogP contribution >= 0.6 is 0 Å². The van der Waals surface area contributed by atoms with Gasteiger partial charge in [-0.15, -0.1) is 0 Å². The van der Waals surface area contributed by atoms with Crippen molar-refractivity contribution < 1.29 is 9.47 Å². The third kappa shape index (κ3) is 5.31. The van der Waals surface area contributed by atoms with Gasteiger partial charge in [-0.05, 0) is 40.5 Å². The molecule has 1 aliphatic rings. The molecule has 0 aromatic carbocycles. The van der Waals surface area contributed by atoms with Gasteiger partial charge in [0.25, 0.3) is 0 Å². The third-order valence-corrected chi connectivity index (χ3v) is 3.10. The second kappa shape index (κ2) is 7.29. The summed E-state index contributed by atoms with van der Waals surface area (Å²) in [6.07, 6.45) is 8.50. The predicted molar refractivity (Wildman–Crippen MR) is 67.4 cm³/mol. The molecule has 0 heterocycles. The molecule has 0 N–H and O–H groups in total. The molecule has 0 atom stereocenters. The van der Waals surface area contributed by atoms with E-state index in [0.29, 0.717) is 5.92 Å². The molecule has 0 aromatic rings. The Labute approximate surface area is 101 Å². The summed E-state index contributed by atoms with van der Waals surface area (Å²) >= 11 is 0. The van der Waals surface area contributed by atoms with Crippen molar-refractivity contribution in [2.45, 2.75) is 84.7 Å². The SMILES string of the molecule is CC(C)OC(OC(C)C)C1CCCCCC1. The summed E-state index contributed by atoms with van der Waals surface area (Å²) in [5.74, 6) is 0.604. The highest BCUT2D eigenvalue weighted by Gasteiger charge is 2.25. The molecule has 1 fully saturated rings. The Morgan fingerprint density at radius 2 is 1.19 bits per heavy atom. The first-order valence-electron chi connectivity index (χ1n) is 6.90. The van der Waals surface area contributed by atoms with Crippen LogP contribution in [0.15, 0.2) is 0 Å². The van der Waals surface area contributed by atoms with Crippen LogP contribution in [0, 0.1) is 5.92 Å². The van der Waals surface area contributed by atoms with E-state index >= 15 is 0 Å². The first kappa shape index (κ1) is 14.0. The van der Waals surface area contributed by atoms with Gasteiger partial charge in [0, 0.05) is 5.92 Å². The van der Waals surface area contributed by atoms with Gasteiger partial charge in [0.2, 0.25) is 0 Å². The van der Waals surface area contributed by atoms with Crippen molar-refractivity contribution in [2.24, 2.45) is 5.92 Å². The highest BCUT2D eigenvalue weighted by atomic mass is 16.7. The Morgan fingerprint density at radius 1 is 0.750 bits per heavy atom. The highest BCUT2D eigenvalue weighted by molar-refractivity contribution is 4.69. The van der Waals surface area contributed by atoms with Gasteiger partial charge in [0.1, 0.15) is 0 Å². The molecule has 0 spiro atoms. The van der Waals surface area contributed by atoms with E-state index in [0.717, 1.165) is 0 Å². The maximum Gasteiger partial charge on any atom is 0.161 e. The lowest BCUT2D eigenvalue weighted by Gasteiger charge is -2.29. The second-order valence-electron chi connectivity index (χ2n) is 5.49. The van der Waals surface area contributed by atoms with E-state index in [1.165, 1.54) is 38.5 Å². The van der Waals surface area contributed by atoms with Crippen LogP contribution in [0.3, 0.4) is 0 Å². The van der Waals surface area contributed by atoms with E-state index < -0.39 is 0 Å². The largest absolute Gasteiger partial charge is 0.350 e. The van der Waals surface area contributed by atoms with Crippen molar-refractivity contribution in [3.8, 4) is 0 Å². The molecule has 1 saturated carbocycles. The van der Waals surface area contributed by atoms with E-state index in [9.17, 15) is 0 Å². The van der Waals surface area contributed by atoms with E-state index in [1.807, 2.05) is 0 Å². The summed E-state index contributed by atoms with van der Waals surface area (Å²) in [7, 11) is 0. The quantitative estimate of drug-likeness (QED) is 0.520. The van der Waals surface area contributed by atoms with Crippen LogP contribution in [0.1, 0.15) is 66.2 Å². The van der Waals surface area contributed by atoms with Crippen molar-refractivity contribution in [3.05, 3.63) is 0 Å². The first-order chi connectivity index (χ1) is 7.59. The summed E-state index contributed by atoms with van der Waals surface area (Å²) in [6.45, 7) is 8.36. The summed E-state index contributed by atoms with van der Waals surface area (Å²) in [4.78, 5) is 0. The normalized spacial score (nSPS) is 19.7. The van der Waals surface area contributed by atoms with Crippen LogP contribution in [0.2, 0.25) is 0 Å². The van der Waals surface area contributed by atoms with E-state index in [4.69, 9.17) is 9.47 Å². The highest BCUT2D eigenvalue weighted by Crippen LogP contribution is 2.28. The Hall–Kier alpha value is -0.0800. The molecule has 1 aliphatic carbocycles. The molecule has 0 radical (unpaired) electrons. The molecule has 0 bridgehead atoms. The maximum atomic E-state index is 5.93. The second-order valence-corrected chi connectivity index (χ2v) is 5.49. The van der Waals surface area contributed by atoms with Crippen LogP contribution in [-0.4, -0.2) is 18.5 Å². The average Bonchev–Trinajstić information content (AvgIpc) is 2.42. The maximum absolute atomic E-state index is 5.93. The number of ether oxygens (including phenoxy) is 2. The summed E-state index contributed by atoms with van der Waals surface area (Å²) in [5, 5.41) is 0. The molecule has 16 heavy (non-hydrogen) atoms. The smallest absolute Gasteiger partial charge is 0.161 e. The molecule has 0 aromatic heterocycles. The molecular weight excluding hydrogens is 200 g/mol. The van der Waals surface area contributed by atoms with Gasteiger partial charge >= 0.3 is 0 Å².